The number of benzene rings is 1. The molecule has 2 heterocycles. The molecule has 0 N–H and O–H groups in total. The molecule has 0 unspecified atom stereocenters. The highest BCUT2D eigenvalue weighted by atomic mass is 35.5. The molecule has 130 valence electrons. The number of carbonyl (C=O) groups is 1. The van der Waals surface area contributed by atoms with Crippen LogP contribution in [0.4, 0.5) is 0 Å². The molecule has 0 aliphatic heterocycles. The summed E-state index contributed by atoms with van der Waals surface area (Å²) in [5.74, 6) is 0.373. The fourth-order valence-corrected chi connectivity index (χ4v) is 4.68. The van der Waals surface area contributed by atoms with Gasteiger partial charge in [-0.2, -0.15) is 0 Å². The first-order chi connectivity index (χ1) is 11.9. The van der Waals surface area contributed by atoms with Gasteiger partial charge in [0.1, 0.15) is 5.01 Å². The minimum Gasteiger partial charge on any atom is -0.316 e. The summed E-state index contributed by atoms with van der Waals surface area (Å²) in [6.45, 7) is 5.76. The minimum atomic E-state index is 0.0513. The van der Waals surface area contributed by atoms with E-state index in [-0.39, 0.29) is 5.78 Å². The van der Waals surface area contributed by atoms with Crippen molar-refractivity contribution >= 4 is 52.1 Å². The van der Waals surface area contributed by atoms with Crippen molar-refractivity contribution in [1.29, 1.82) is 0 Å². The molecule has 3 rings (SSSR count). The smallest absolute Gasteiger partial charge is 0.174 e. The summed E-state index contributed by atoms with van der Waals surface area (Å²) in [4.78, 5) is 12.7. The number of hydrogen-bond acceptors (Lipinski definition) is 5. The van der Waals surface area contributed by atoms with Crippen LogP contribution in [0.2, 0.25) is 10.0 Å². The standard InChI is InChI=1S/C17H15Cl2N3OS2/c1-9-6-13(16(23)8-24-17-21-20-11(3)25-17)10(2)22(9)15-7-12(18)4-5-14(15)19/h4-7H,8H2,1-3H3. The van der Waals surface area contributed by atoms with Gasteiger partial charge in [0.2, 0.25) is 0 Å². The van der Waals surface area contributed by atoms with E-state index >= 15 is 0 Å². The monoisotopic (exact) mass is 411 g/mol. The Morgan fingerprint density at radius 1 is 1.20 bits per heavy atom. The predicted octanol–water partition coefficient (Wildman–Crippen LogP) is 5.54. The molecule has 0 bridgehead atoms. The maximum Gasteiger partial charge on any atom is 0.174 e. The van der Waals surface area contributed by atoms with Gasteiger partial charge >= 0.3 is 0 Å². The van der Waals surface area contributed by atoms with Crippen LogP contribution < -0.4 is 0 Å². The number of aryl methyl sites for hydroxylation is 2. The molecule has 0 saturated carbocycles. The van der Waals surface area contributed by atoms with E-state index in [1.54, 1.807) is 18.2 Å². The van der Waals surface area contributed by atoms with Crippen LogP contribution in [0.25, 0.3) is 5.69 Å². The van der Waals surface area contributed by atoms with Gasteiger partial charge in [-0.05, 0) is 45.0 Å². The Bertz CT molecular complexity index is 950. The van der Waals surface area contributed by atoms with Crippen LogP contribution in [0.5, 0.6) is 0 Å². The van der Waals surface area contributed by atoms with Crippen molar-refractivity contribution in [2.75, 3.05) is 5.75 Å². The van der Waals surface area contributed by atoms with Gasteiger partial charge in [0.15, 0.2) is 10.1 Å². The van der Waals surface area contributed by atoms with Crippen LogP contribution in [0, 0.1) is 20.8 Å². The van der Waals surface area contributed by atoms with Gasteiger partial charge in [-0.3, -0.25) is 4.79 Å². The highest BCUT2D eigenvalue weighted by Gasteiger charge is 2.19. The number of halogens is 2. The third kappa shape index (κ3) is 3.92. The average Bonchev–Trinajstić information content (AvgIpc) is 3.11. The van der Waals surface area contributed by atoms with Crippen LogP contribution in [-0.2, 0) is 0 Å². The van der Waals surface area contributed by atoms with Crippen molar-refractivity contribution < 1.29 is 4.79 Å². The van der Waals surface area contributed by atoms with Crippen LogP contribution in [0.1, 0.15) is 26.8 Å². The predicted molar refractivity (Wildman–Crippen MR) is 105 cm³/mol. The Kier molecular flexibility index (Phi) is 5.53. The van der Waals surface area contributed by atoms with Crippen LogP contribution in [0.15, 0.2) is 28.6 Å². The number of ketones is 1. The molecule has 0 atom stereocenters. The first kappa shape index (κ1) is 18.5. The molecule has 0 amide bonds. The Morgan fingerprint density at radius 2 is 1.96 bits per heavy atom. The summed E-state index contributed by atoms with van der Waals surface area (Å²) in [7, 11) is 0. The lowest BCUT2D eigenvalue weighted by Gasteiger charge is -2.12. The molecule has 0 fully saturated rings. The second-order valence-electron chi connectivity index (χ2n) is 5.51. The van der Waals surface area contributed by atoms with Crippen LogP contribution >= 0.6 is 46.3 Å². The maximum absolute atomic E-state index is 12.7. The van der Waals surface area contributed by atoms with E-state index in [4.69, 9.17) is 23.2 Å². The SMILES string of the molecule is Cc1nnc(SCC(=O)c2cc(C)n(-c3cc(Cl)ccc3Cl)c2C)s1. The fourth-order valence-electron chi connectivity index (χ4n) is 2.61. The van der Waals surface area contributed by atoms with Gasteiger partial charge in [0.25, 0.3) is 0 Å². The molecular weight excluding hydrogens is 397 g/mol. The molecular formula is C17H15Cl2N3OS2. The quantitative estimate of drug-likeness (QED) is 0.408. The van der Waals surface area contributed by atoms with E-state index in [2.05, 4.69) is 10.2 Å². The third-order valence-electron chi connectivity index (χ3n) is 3.71. The van der Waals surface area contributed by atoms with Crippen molar-refractivity contribution in [3.8, 4) is 5.69 Å². The Morgan fingerprint density at radius 3 is 2.64 bits per heavy atom. The average molecular weight is 412 g/mol. The molecule has 0 radical (unpaired) electrons. The lowest BCUT2D eigenvalue weighted by atomic mass is 10.2. The van der Waals surface area contributed by atoms with Crippen molar-refractivity contribution in [2.24, 2.45) is 0 Å². The van der Waals surface area contributed by atoms with Crippen molar-refractivity contribution in [3.05, 3.63) is 56.3 Å². The molecule has 0 spiro atoms. The summed E-state index contributed by atoms with van der Waals surface area (Å²) in [6.07, 6.45) is 0. The first-order valence-electron chi connectivity index (χ1n) is 7.47. The highest BCUT2D eigenvalue weighted by molar-refractivity contribution is 8.01. The Hall–Kier alpha value is -1.34. The second kappa shape index (κ2) is 7.50. The minimum absolute atomic E-state index is 0.0513. The number of aromatic nitrogens is 3. The molecule has 0 aliphatic carbocycles. The van der Waals surface area contributed by atoms with Crippen molar-refractivity contribution in [2.45, 2.75) is 25.1 Å². The number of hydrogen-bond donors (Lipinski definition) is 0. The zero-order valence-electron chi connectivity index (χ0n) is 13.8. The molecule has 1 aromatic carbocycles. The summed E-state index contributed by atoms with van der Waals surface area (Å²) in [6, 6.07) is 7.19. The number of Topliss-reactive ketones (excluding diaryl/α,β-unsaturated/α-hetero) is 1. The largest absolute Gasteiger partial charge is 0.316 e. The van der Waals surface area contributed by atoms with E-state index in [0.29, 0.717) is 21.4 Å². The van der Waals surface area contributed by atoms with Gasteiger partial charge in [0, 0.05) is 22.0 Å². The van der Waals surface area contributed by atoms with Gasteiger partial charge in [-0.25, -0.2) is 0 Å². The molecule has 8 heteroatoms. The lowest BCUT2D eigenvalue weighted by Crippen LogP contribution is -2.06. The third-order valence-corrected chi connectivity index (χ3v) is 6.24. The topological polar surface area (TPSA) is 47.8 Å². The number of carbonyl (C=O) groups excluding carboxylic acids is 1. The maximum atomic E-state index is 12.7. The fraction of sp³-hybridized carbons (Fsp3) is 0.235. The summed E-state index contributed by atoms with van der Waals surface area (Å²) >= 11 is 15.3. The van der Waals surface area contributed by atoms with Gasteiger partial charge in [-0.1, -0.05) is 46.3 Å². The number of rotatable bonds is 5. The number of thioether (sulfide) groups is 1. The van der Waals surface area contributed by atoms with Crippen LogP contribution in [0.3, 0.4) is 0 Å². The summed E-state index contributed by atoms with van der Waals surface area (Å²) in [5.41, 5.74) is 3.24. The van der Waals surface area contributed by atoms with Crippen LogP contribution in [-0.4, -0.2) is 26.3 Å². The van der Waals surface area contributed by atoms with E-state index in [1.807, 2.05) is 31.4 Å². The van der Waals surface area contributed by atoms with E-state index in [9.17, 15) is 4.79 Å². The summed E-state index contributed by atoms with van der Waals surface area (Å²) in [5, 5.41) is 10.1. The molecule has 2 aromatic heterocycles. The lowest BCUT2D eigenvalue weighted by molar-refractivity contribution is 0.102. The zero-order chi connectivity index (χ0) is 18.1. The molecule has 4 nitrogen and oxygen atoms in total. The zero-order valence-corrected chi connectivity index (χ0v) is 17.0. The summed E-state index contributed by atoms with van der Waals surface area (Å²) < 4.78 is 2.76. The molecule has 0 saturated heterocycles. The van der Waals surface area contributed by atoms with Gasteiger partial charge in [0.05, 0.1) is 16.5 Å². The van der Waals surface area contributed by atoms with E-state index in [0.717, 1.165) is 26.4 Å². The highest BCUT2D eigenvalue weighted by Crippen LogP contribution is 2.30. The van der Waals surface area contributed by atoms with Gasteiger partial charge in [-0.15, -0.1) is 10.2 Å². The Labute approximate surface area is 164 Å². The van der Waals surface area contributed by atoms with E-state index in [1.165, 1.54) is 23.1 Å². The molecule has 25 heavy (non-hydrogen) atoms. The van der Waals surface area contributed by atoms with Gasteiger partial charge < -0.3 is 4.57 Å². The van der Waals surface area contributed by atoms with Crippen molar-refractivity contribution in [3.63, 3.8) is 0 Å². The van der Waals surface area contributed by atoms with E-state index < -0.39 is 0 Å². The molecule has 0 aliphatic rings. The first-order valence-corrected chi connectivity index (χ1v) is 10.0. The normalized spacial score (nSPS) is 11.1. The second-order valence-corrected chi connectivity index (χ2v) is 8.76. The van der Waals surface area contributed by atoms with Crippen molar-refractivity contribution in [1.82, 2.24) is 14.8 Å². The Balaban J connectivity index is 1.88. The molecule has 3 aromatic rings. The number of nitrogens with zero attached hydrogens (tertiary/aromatic N) is 3.